The minimum atomic E-state index is -3.57. The number of aromatic amines is 1. The van der Waals surface area contributed by atoms with Crippen LogP contribution in [0.5, 0.6) is 0 Å². The summed E-state index contributed by atoms with van der Waals surface area (Å²) in [5.41, 5.74) is -2.76. The smallest absolute Gasteiger partial charge is 0.340 e. The fraction of sp³-hybridized carbons (Fsp3) is 0.579. The summed E-state index contributed by atoms with van der Waals surface area (Å²) in [6.45, 7) is 7.11. The number of H-pyrrole nitrogens is 1. The summed E-state index contributed by atoms with van der Waals surface area (Å²) in [6, 6.07) is 1.19. The van der Waals surface area contributed by atoms with Crippen LogP contribution in [0.1, 0.15) is 33.9 Å². The van der Waals surface area contributed by atoms with E-state index in [1.807, 2.05) is 0 Å². The minimum absolute atomic E-state index is 0.166. The molecule has 0 bridgehead atoms. The molecule has 0 radical (unpaired) electrons. The van der Waals surface area contributed by atoms with E-state index in [1.165, 1.54) is 28.7 Å². The summed E-state index contributed by atoms with van der Waals surface area (Å²) in [5.74, 6) is 2.77. The molecule has 0 aromatic carbocycles. The van der Waals surface area contributed by atoms with Gasteiger partial charge < -0.3 is 23.3 Å². The predicted molar refractivity (Wildman–Crippen MR) is 107 cm³/mol. The number of nitrogens with one attached hydrogen (secondary N) is 1. The van der Waals surface area contributed by atoms with Gasteiger partial charge in [0, 0.05) is 18.1 Å². The van der Waals surface area contributed by atoms with E-state index in [-0.39, 0.29) is 13.2 Å². The summed E-state index contributed by atoms with van der Waals surface area (Å²) in [7, 11) is -3.57. The van der Waals surface area contributed by atoms with Crippen molar-refractivity contribution in [3.63, 3.8) is 0 Å². The highest BCUT2D eigenvalue weighted by Crippen LogP contribution is 2.53. The SMILES string of the molecule is C#CC1(C=CP(=O)(OCC)OCC)OC(n2ccc(=O)[nH]c2=O)[C@@H]2OC(C)(C)O[C@@H]21. The van der Waals surface area contributed by atoms with Crippen LogP contribution < -0.4 is 11.2 Å². The van der Waals surface area contributed by atoms with Crippen molar-refractivity contribution in [1.82, 2.24) is 9.55 Å². The Morgan fingerprint density at radius 3 is 2.50 bits per heavy atom. The summed E-state index contributed by atoms with van der Waals surface area (Å²) >= 11 is 0. The number of hydrogen-bond acceptors (Lipinski definition) is 8. The molecular weight excluding hydrogens is 415 g/mol. The molecule has 2 saturated heterocycles. The van der Waals surface area contributed by atoms with Crippen molar-refractivity contribution < 1.29 is 27.8 Å². The quantitative estimate of drug-likeness (QED) is 0.503. The molecular formula is C19H25N2O8P. The van der Waals surface area contributed by atoms with Gasteiger partial charge in [-0.05, 0) is 33.8 Å². The van der Waals surface area contributed by atoms with Crippen LogP contribution in [0, 0.1) is 12.3 Å². The van der Waals surface area contributed by atoms with Gasteiger partial charge in [0.25, 0.3) is 5.56 Å². The maximum absolute atomic E-state index is 12.9. The highest BCUT2D eigenvalue weighted by atomic mass is 31.2. The van der Waals surface area contributed by atoms with Crippen LogP contribution in [-0.4, -0.2) is 46.4 Å². The fourth-order valence-electron chi connectivity index (χ4n) is 3.49. The topological polar surface area (TPSA) is 118 Å². The van der Waals surface area contributed by atoms with E-state index in [1.54, 1.807) is 27.7 Å². The highest BCUT2D eigenvalue weighted by Gasteiger charge is 2.62. The number of hydrogen-bond donors (Lipinski definition) is 1. The van der Waals surface area contributed by atoms with Crippen LogP contribution in [0.2, 0.25) is 0 Å². The van der Waals surface area contributed by atoms with Crippen LogP contribution in [0.4, 0.5) is 0 Å². The van der Waals surface area contributed by atoms with E-state index in [9.17, 15) is 14.2 Å². The van der Waals surface area contributed by atoms with Crippen molar-refractivity contribution in [3.05, 3.63) is 45.0 Å². The first-order valence-corrected chi connectivity index (χ1v) is 11.1. The van der Waals surface area contributed by atoms with E-state index in [0.29, 0.717) is 0 Å². The molecule has 3 heterocycles. The first kappa shape index (κ1) is 22.7. The van der Waals surface area contributed by atoms with Crippen molar-refractivity contribution in [2.24, 2.45) is 0 Å². The van der Waals surface area contributed by atoms with E-state index in [0.717, 1.165) is 0 Å². The van der Waals surface area contributed by atoms with Gasteiger partial charge in [-0.15, -0.1) is 6.42 Å². The normalized spacial score (nSPS) is 30.4. The Morgan fingerprint density at radius 2 is 1.93 bits per heavy atom. The zero-order valence-corrected chi connectivity index (χ0v) is 18.1. The standard InChI is InChI=1S/C19H25N2O8P/c1-6-19(10-12-30(24,25-7-2)26-8-3)15-14(27-18(4,5)28-15)16(29-19)21-11-9-13(22)20-17(21)23/h1,9-12,14-16H,7-8H2,2-5H3,(H,20,22,23)/t14-,15+,16?,19?/m1/s1. The molecule has 164 valence electrons. The molecule has 1 aromatic heterocycles. The Kier molecular flexibility index (Phi) is 6.25. The number of fused-ring (bicyclic) bond motifs is 1. The molecule has 2 aliphatic heterocycles. The Bertz CT molecular complexity index is 1010. The average molecular weight is 440 g/mol. The maximum Gasteiger partial charge on any atom is 0.353 e. The molecule has 2 unspecified atom stereocenters. The lowest BCUT2D eigenvalue weighted by atomic mass is 9.96. The average Bonchev–Trinajstić information content (AvgIpc) is 3.13. The van der Waals surface area contributed by atoms with E-state index in [4.69, 9.17) is 29.7 Å². The van der Waals surface area contributed by atoms with E-state index in [2.05, 4.69) is 10.9 Å². The summed E-state index contributed by atoms with van der Waals surface area (Å²) in [5, 5.41) is 0. The second kappa shape index (κ2) is 8.27. The van der Waals surface area contributed by atoms with Crippen molar-refractivity contribution in [2.45, 2.75) is 57.5 Å². The van der Waals surface area contributed by atoms with E-state index < -0.39 is 48.7 Å². The maximum atomic E-state index is 12.9. The van der Waals surface area contributed by atoms with Crippen LogP contribution >= 0.6 is 7.60 Å². The number of ether oxygens (including phenoxy) is 3. The zero-order valence-electron chi connectivity index (χ0n) is 17.2. The third-order valence-electron chi connectivity index (χ3n) is 4.62. The number of rotatable bonds is 7. The Labute approximate surface area is 173 Å². The molecule has 1 aromatic rings. The number of nitrogens with zero attached hydrogens (tertiary/aromatic N) is 1. The Morgan fingerprint density at radius 1 is 1.27 bits per heavy atom. The lowest BCUT2D eigenvalue weighted by Crippen LogP contribution is -2.40. The van der Waals surface area contributed by atoms with Gasteiger partial charge in [0.2, 0.25) is 0 Å². The van der Waals surface area contributed by atoms with Gasteiger partial charge in [0.05, 0.1) is 13.2 Å². The second-order valence-electron chi connectivity index (χ2n) is 7.18. The monoisotopic (exact) mass is 440 g/mol. The minimum Gasteiger partial charge on any atom is -0.340 e. The van der Waals surface area contributed by atoms with Gasteiger partial charge in [-0.3, -0.25) is 18.9 Å². The molecule has 4 atom stereocenters. The third kappa shape index (κ3) is 4.23. The van der Waals surface area contributed by atoms with Gasteiger partial charge in [0.1, 0.15) is 12.2 Å². The van der Waals surface area contributed by atoms with Gasteiger partial charge in [0.15, 0.2) is 17.6 Å². The highest BCUT2D eigenvalue weighted by molar-refractivity contribution is 7.57. The molecule has 11 heteroatoms. The van der Waals surface area contributed by atoms with Crippen LogP contribution in [0.25, 0.3) is 0 Å². The molecule has 30 heavy (non-hydrogen) atoms. The Hall–Kier alpha value is -1.99. The first-order chi connectivity index (χ1) is 14.1. The van der Waals surface area contributed by atoms with Crippen LogP contribution in [-0.2, 0) is 27.8 Å². The van der Waals surface area contributed by atoms with Crippen molar-refractivity contribution >= 4 is 7.60 Å². The summed E-state index contributed by atoms with van der Waals surface area (Å²) < 4.78 is 42.6. The molecule has 0 aliphatic carbocycles. The van der Waals surface area contributed by atoms with Gasteiger partial charge in [-0.2, -0.15) is 0 Å². The predicted octanol–water partition coefficient (Wildman–Crippen LogP) is 1.74. The third-order valence-corrected chi connectivity index (χ3v) is 6.37. The van der Waals surface area contributed by atoms with E-state index >= 15 is 0 Å². The molecule has 1 N–H and O–H groups in total. The van der Waals surface area contributed by atoms with Gasteiger partial charge >= 0.3 is 13.3 Å². The summed E-state index contributed by atoms with van der Waals surface area (Å²) in [6.07, 6.45) is 5.89. The van der Waals surface area contributed by atoms with Crippen molar-refractivity contribution in [2.75, 3.05) is 13.2 Å². The van der Waals surface area contributed by atoms with Crippen molar-refractivity contribution in [3.8, 4) is 12.3 Å². The van der Waals surface area contributed by atoms with Crippen molar-refractivity contribution in [1.29, 1.82) is 0 Å². The summed E-state index contributed by atoms with van der Waals surface area (Å²) in [4.78, 5) is 26.0. The molecule has 3 rings (SSSR count). The van der Waals surface area contributed by atoms with Crippen LogP contribution in [0.3, 0.4) is 0 Å². The second-order valence-corrected chi connectivity index (χ2v) is 9.07. The molecule has 10 nitrogen and oxygen atoms in total. The molecule has 0 spiro atoms. The van der Waals surface area contributed by atoms with Crippen LogP contribution in [0.15, 0.2) is 33.7 Å². The Balaban J connectivity index is 2.05. The lowest BCUT2D eigenvalue weighted by Gasteiger charge is -2.28. The largest absolute Gasteiger partial charge is 0.353 e. The molecule has 2 aliphatic rings. The number of aromatic nitrogens is 2. The zero-order chi connectivity index (χ0) is 22.2. The fourth-order valence-corrected chi connectivity index (χ4v) is 4.86. The van der Waals surface area contributed by atoms with Gasteiger partial charge in [-0.1, -0.05) is 5.92 Å². The van der Waals surface area contributed by atoms with Gasteiger partial charge in [-0.25, -0.2) is 4.79 Å². The lowest BCUT2D eigenvalue weighted by molar-refractivity contribution is -0.201. The molecule has 2 fully saturated rings. The molecule has 0 saturated carbocycles. The first-order valence-electron chi connectivity index (χ1n) is 9.50. The number of terminal acetylenes is 1. The molecule has 0 amide bonds.